The number of piperidine rings is 2. The van der Waals surface area contributed by atoms with Gasteiger partial charge in [0.05, 0.1) is 10.9 Å². The van der Waals surface area contributed by atoms with Crippen LogP contribution in [-0.4, -0.2) is 61.2 Å². The molecule has 4 aromatic rings. The van der Waals surface area contributed by atoms with Crippen molar-refractivity contribution in [2.45, 2.75) is 50.7 Å². The van der Waals surface area contributed by atoms with Crippen molar-refractivity contribution in [3.05, 3.63) is 104 Å². The molecule has 11 nitrogen and oxygen atoms in total. The summed E-state index contributed by atoms with van der Waals surface area (Å²) in [5, 5.41) is 2.85. The molecule has 3 aliphatic heterocycles. The van der Waals surface area contributed by atoms with E-state index in [-0.39, 0.29) is 29.4 Å². The van der Waals surface area contributed by atoms with Gasteiger partial charge in [0.2, 0.25) is 17.4 Å². The first-order chi connectivity index (χ1) is 20.8. The Morgan fingerprint density at radius 1 is 0.907 bits per heavy atom. The summed E-state index contributed by atoms with van der Waals surface area (Å²) < 4.78 is 1.35. The van der Waals surface area contributed by atoms with Gasteiger partial charge in [0.1, 0.15) is 18.2 Å². The molecule has 0 saturated carbocycles. The zero-order chi connectivity index (χ0) is 29.7. The van der Waals surface area contributed by atoms with Gasteiger partial charge in [-0.15, -0.1) is 0 Å². The molecule has 43 heavy (non-hydrogen) atoms. The molecule has 1 atom stereocenters. The van der Waals surface area contributed by atoms with Crippen molar-refractivity contribution < 1.29 is 14.4 Å². The Bertz CT molecular complexity index is 1900. The van der Waals surface area contributed by atoms with Crippen molar-refractivity contribution in [1.82, 2.24) is 29.7 Å². The van der Waals surface area contributed by atoms with Crippen LogP contribution >= 0.6 is 0 Å². The topological polar surface area (TPSA) is 137 Å². The highest BCUT2D eigenvalue weighted by Crippen LogP contribution is 2.34. The number of pyridine rings is 1. The third-order valence-electron chi connectivity index (χ3n) is 8.85. The number of benzene rings is 2. The number of amides is 3. The van der Waals surface area contributed by atoms with E-state index < -0.39 is 11.9 Å². The number of imide groups is 1. The average Bonchev–Trinajstić information content (AvgIpc) is 3.33. The number of likely N-dealkylation sites (tertiary alicyclic amines) is 1. The van der Waals surface area contributed by atoms with E-state index in [1.54, 1.807) is 17.0 Å². The summed E-state index contributed by atoms with van der Waals surface area (Å²) in [5.74, 6) is -0.103. The molecule has 2 aromatic heterocycles. The van der Waals surface area contributed by atoms with Crippen molar-refractivity contribution in [3.63, 3.8) is 0 Å². The highest BCUT2D eigenvalue weighted by atomic mass is 16.2. The lowest BCUT2D eigenvalue weighted by Gasteiger charge is -2.32. The number of carbonyl (C=O) groups is 3. The van der Waals surface area contributed by atoms with Gasteiger partial charge in [-0.25, -0.2) is 4.98 Å². The zero-order valence-electron chi connectivity index (χ0n) is 23.4. The first-order valence-electron chi connectivity index (χ1n) is 14.5. The summed E-state index contributed by atoms with van der Waals surface area (Å²) in [4.78, 5) is 73.0. The highest BCUT2D eigenvalue weighted by Gasteiger charge is 2.39. The molecule has 3 aliphatic rings. The SMILES string of the molecule is O=C1CCC(N2Cc3cc(C4CCN(Cc5ccc6ncn(-c7cccc(=O)[nH]7)c(=O)c6c5)CC4)ccc3C2=O)C(=O)N1. The van der Waals surface area contributed by atoms with Crippen LogP contribution in [0, 0.1) is 0 Å². The second-order valence-electron chi connectivity index (χ2n) is 11.5. The first kappa shape index (κ1) is 27.0. The molecule has 11 heteroatoms. The molecule has 1 unspecified atom stereocenters. The van der Waals surface area contributed by atoms with Crippen molar-refractivity contribution in [2.75, 3.05) is 13.1 Å². The maximum absolute atomic E-state index is 13.3. The van der Waals surface area contributed by atoms with Crippen LogP contribution in [0.3, 0.4) is 0 Å². The number of nitrogens with zero attached hydrogens (tertiary/aromatic N) is 4. The molecule has 0 spiro atoms. The first-order valence-corrected chi connectivity index (χ1v) is 14.5. The summed E-state index contributed by atoms with van der Waals surface area (Å²) in [6, 6.07) is 15.8. The van der Waals surface area contributed by atoms with Crippen molar-refractivity contribution >= 4 is 28.6 Å². The van der Waals surface area contributed by atoms with Crippen LogP contribution in [0.25, 0.3) is 16.7 Å². The molecule has 5 heterocycles. The van der Waals surface area contributed by atoms with E-state index in [9.17, 15) is 24.0 Å². The monoisotopic (exact) mass is 578 g/mol. The van der Waals surface area contributed by atoms with E-state index in [2.05, 4.69) is 26.3 Å². The molecule has 0 radical (unpaired) electrons. The third-order valence-corrected chi connectivity index (χ3v) is 8.85. The molecular formula is C32H30N6O5. The number of rotatable bonds is 5. The van der Waals surface area contributed by atoms with E-state index in [0.29, 0.717) is 47.7 Å². The standard InChI is InChI=1S/C32H30N6O5/c39-28-3-1-2-27(34-28)38-18-33-25-7-4-19(14-24(25)32(38)43)16-36-12-10-20(11-13-36)21-5-6-23-22(15-21)17-37(31(23)42)26-8-9-29(40)35-30(26)41/h1-7,14-15,18,20,26H,8-13,16-17H2,(H,34,39)(H,35,40,41). The predicted molar refractivity (Wildman–Crippen MR) is 158 cm³/mol. The van der Waals surface area contributed by atoms with Gasteiger partial charge in [-0.3, -0.25) is 38.8 Å². The van der Waals surface area contributed by atoms with Gasteiger partial charge in [-0.1, -0.05) is 24.3 Å². The molecule has 0 aliphatic carbocycles. The average molecular weight is 579 g/mol. The minimum absolute atomic E-state index is 0.153. The molecule has 2 aromatic carbocycles. The smallest absolute Gasteiger partial charge is 0.266 e. The molecule has 3 amide bonds. The third kappa shape index (κ3) is 5.05. The lowest BCUT2D eigenvalue weighted by molar-refractivity contribution is -0.136. The fourth-order valence-corrected chi connectivity index (χ4v) is 6.55. The molecule has 2 saturated heterocycles. The van der Waals surface area contributed by atoms with Gasteiger partial charge in [-0.05, 0) is 79.2 Å². The number of H-pyrrole nitrogens is 1. The van der Waals surface area contributed by atoms with E-state index in [1.807, 2.05) is 30.3 Å². The van der Waals surface area contributed by atoms with Crippen LogP contribution in [0.4, 0.5) is 0 Å². The Morgan fingerprint density at radius 3 is 2.53 bits per heavy atom. The lowest BCUT2D eigenvalue weighted by Crippen LogP contribution is -2.52. The molecule has 2 fully saturated rings. The number of aromatic nitrogens is 3. The maximum atomic E-state index is 13.3. The minimum Gasteiger partial charge on any atom is -0.322 e. The van der Waals surface area contributed by atoms with E-state index >= 15 is 0 Å². The summed E-state index contributed by atoms with van der Waals surface area (Å²) in [7, 11) is 0. The van der Waals surface area contributed by atoms with Crippen LogP contribution < -0.4 is 16.4 Å². The molecule has 0 bridgehead atoms. The number of fused-ring (bicyclic) bond motifs is 2. The Morgan fingerprint density at radius 2 is 1.74 bits per heavy atom. The second-order valence-corrected chi connectivity index (χ2v) is 11.5. The lowest BCUT2D eigenvalue weighted by atomic mass is 9.87. The van der Waals surface area contributed by atoms with Gasteiger partial charge in [0.15, 0.2) is 0 Å². The number of carbonyl (C=O) groups excluding carboxylic acids is 3. The largest absolute Gasteiger partial charge is 0.322 e. The Labute approximate surface area is 246 Å². The molecule has 218 valence electrons. The fraction of sp³-hybridized carbons (Fsp3) is 0.312. The van der Waals surface area contributed by atoms with Gasteiger partial charge >= 0.3 is 0 Å². The molecular weight excluding hydrogens is 548 g/mol. The predicted octanol–water partition coefficient (Wildman–Crippen LogP) is 2.21. The fourth-order valence-electron chi connectivity index (χ4n) is 6.55. The van der Waals surface area contributed by atoms with Crippen molar-refractivity contribution in [3.8, 4) is 5.82 Å². The summed E-state index contributed by atoms with van der Waals surface area (Å²) in [5.41, 5.74) is 3.87. The van der Waals surface area contributed by atoms with E-state index in [0.717, 1.165) is 37.1 Å². The summed E-state index contributed by atoms with van der Waals surface area (Å²) in [6.07, 6.45) is 3.96. The van der Waals surface area contributed by atoms with Crippen LogP contribution in [-0.2, 0) is 22.7 Å². The Hall–Kier alpha value is -4.90. The van der Waals surface area contributed by atoms with Crippen LogP contribution in [0.5, 0.6) is 0 Å². The molecule has 7 rings (SSSR count). The zero-order valence-corrected chi connectivity index (χ0v) is 23.4. The highest BCUT2D eigenvalue weighted by molar-refractivity contribution is 6.05. The van der Waals surface area contributed by atoms with Crippen LogP contribution in [0.2, 0.25) is 0 Å². The van der Waals surface area contributed by atoms with Crippen molar-refractivity contribution in [2.24, 2.45) is 0 Å². The number of hydrogen-bond donors (Lipinski definition) is 2. The normalized spacial score (nSPS) is 19.6. The van der Waals surface area contributed by atoms with Gasteiger partial charge in [-0.2, -0.15) is 0 Å². The van der Waals surface area contributed by atoms with Crippen molar-refractivity contribution in [1.29, 1.82) is 0 Å². The van der Waals surface area contributed by atoms with Gasteiger partial charge in [0.25, 0.3) is 11.5 Å². The number of aromatic amines is 1. The van der Waals surface area contributed by atoms with E-state index in [4.69, 9.17) is 0 Å². The quantitative estimate of drug-likeness (QED) is 0.347. The summed E-state index contributed by atoms with van der Waals surface area (Å²) in [6.45, 7) is 2.87. The van der Waals surface area contributed by atoms with Gasteiger partial charge in [0, 0.05) is 31.1 Å². The molecule has 2 N–H and O–H groups in total. The number of nitrogens with one attached hydrogen (secondary N) is 2. The van der Waals surface area contributed by atoms with Gasteiger partial charge < -0.3 is 9.88 Å². The second kappa shape index (κ2) is 10.7. The van der Waals surface area contributed by atoms with E-state index in [1.165, 1.54) is 22.5 Å². The van der Waals surface area contributed by atoms with Crippen LogP contribution in [0.15, 0.2) is 70.5 Å². The minimum atomic E-state index is -0.611. The summed E-state index contributed by atoms with van der Waals surface area (Å²) >= 11 is 0. The maximum Gasteiger partial charge on any atom is 0.266 e. The van der Waals surface area contributed by atoms with Crippen LogP contribution in [0.1, 0.15) is 58.6 Å². The Balaban J connectivity index is 1.02. The Kier molecular flexibility index (Phi) is 6.73. The number of hydrogen-bond acceptors (Lipinski definition) is 7.